The van der Waals surface area contributed by atoms with E-state index in [1.807, 2.05) is 12.1 Å². The van der Waals surface area contributed by atoms with Crippen LogP contribution in [0.5, 0.6) is 5.75 Å². The van der Waals surface area contributed by atoms with Gasteiger partial charge < -0.3 is 14.5 Å². The van der Waals surface area contributed by atoms with Crippen molar-refractivity contribution in [2.75, 3.05) is 26.7 Å². The number of likely N-dealkylation sites (tertiary alicyclic amines) is 2. The van der Waals surface area contributed by atoms with Crippen molar-refractivity contribution in [1.82, 2.24) is 9.80 Å². The SMILES string of the molecule is COc1ccc([C@@H]2CCCN2C(=O)CC2CCN(C(=O)CC3CCCCC3)CC2)cc1. The molecule has 0 unspecified atom stereocenters. The Morgan fingerprint density at radius 2 is 1.45 bits per heavy atom. The number of hydrogen-bond donors (Lipinski definition) is 0. The first kappa shape index (κ1) is 22.2. The molecule has 3 fully saturated rings. The first-order valence-electron chi connectivity index (χ1n) is 12.3. The van der Waals surface area contributed by atoms with Gasteiger partial charge in [0.2, 0.25) is 11.8 Å². The molecule has 31 heavy (non-hydrogen) atoms. The van der Waals surface area contributed by atoms with Crippen molar-refractivity contribution in [3.8, 4) is 5.75 Å². The molecular formula is C26H38N2O3. The Bertz CT molecular complexity index is 734. The predicted octanol–water partition coefficient (Wildman–Crippen LogP) is 4.96. The van der Waals surface area contributed by atoms with Crippen molar-refractivity contribution in [3.63, 3.8) is 0 Å². The summed E-state index contributed by atoms with van der Waals surface area (Å²) >= 11 is 0. The van der Waals surface area contributed by atoms with Crippen LogP contribution in [0.25, 0.3) is 0 Å². The lowest BCUT2D eigenvalue weighted by atomic mass is 9.86. The summed E-state index contributed by atoms with van der Waals surface area (Å²) in [7, 11) is 1.68. The van der Waals surface area contributed by atoms with Gasteiger partial charge in [0, 0.05) is 32.5 Å². The summed E-state index contributed by atoms with van der Waals surface area (Å²) in [5, 5.41) is 0. The summed E-state index contributed by atoms with van der Waals surface area (Å²) in [5.74, 6) is 2.49. The third kappa shape index (κ3) is 5.61. The number of rotatable bonds is 6. The second kappa shape index (κ2) is 10.5. The zero-order valence-electron chi connectivity index (χ0n) is 19.1. The lowest BCUT2D eigenvalue weighted by Crippen LogP contribution is -2.41. The Balaban J connectivity index is 1.25. The highest BCUT2D eigenvalue weighted by Gasteiger charge is 2.32. The normalized spacial score (nSPS) is 23.2. The third-order valence-electron chi connectivity index (χ3n) is 7.69. The molecule has 2 heterocycles. The van der Waals surface area contributed by atoms with Gasteiger partial charge in [-0.2, -0.15) is 0 Å². The first-order chi connectivity index (χ1) is 15.1. The minimum absolute atomic E-state index is 0.190. The molecule has 2 aliphatic heterocycles. The van der Waals surface area contributed by atoms with E-state index in [0.717, 1.165) is 57.5 Å². The van der Waals surface area contributed by atoms with Crippen LogP contribution in [0.2, 0.25) is 0 Å². The number of carbonyl (C=O) groups is 2. The maximum Gasteiger partial charge on any atom is 0.223 e. The molecule has 1 saturated carbocycles. The largest absolute Gasteiger partial charge is 0.497 e. The number of methoxy groups -OCH3 is 1. The Morgan fingerprint density at radius 3 is 2.13 bits per heavy atom. The molecule has 1 atom stereocenters. The van der Waals surface area contributed by atoms with Crippen LogP contribution in [0, 0.1) is 11.8 Å². The standard InChI is InChI=1S/C26H38N2O3/c1-31-23-11-9-22(10-12-23)24-8-5-15-28(24)26(30)19-21-13-16-27(17-14-21)25(29)18-20-6-3-2-4-7-20/h9-12,20-21,24H,2-8,13-19H2,1H3/t24-/m0/s1. The van der Waals surface area contributed by atoms with Crippen LogP contribution < -0.4 is 4.74 Å². The van der Waals surface area contributed by atoms with E-state index >= 15 is 0 Å². The minimum atomic E-state index is 0.190. The predicted molar refractivity (Wildman–Crippen MR) is 122 cm³/mol. The number of ether oxygens (including phenoxy) is 1. The molecule has 170 valence electrons. The fourth-order valence-corrected chi connectivity index (χ4v) is 5.76. The van der Waals surface area contributed by atoms with E-state index in [2.05, 4.69) is 21.9 Å². The van der Waals surface area contributed by atoms with E-state index in [1.54, 1.807) is 7.11 Å². The van der Waals surface area contributed by atoms with Crippen molar-refractivity contribution < 1.29 is 14.3 Å². The van der Waals surface area contributed by atoms with Crippen molar-refractivity contribution in [2.45, 2.75) is 76.7 Å². The summed E-state index contributed by atoms with van der Waals surface area (Å²) in [6, 6.07) is 8.33. The number of hydrogen-bond acceptors (Lipinski definition) is 3. The van der Waals surface area contributed by atoms with Gasteiger partial charge >= 0.3 is 0 Å². The molecule has 3 aliphatic rings. The molecule has 5 nitrogen and oxygen atoms in total. The molecule has 2 saturated heterocycles. The molecular weight excluding hydrogens is 388 g/mol. The van der Waals surface area contributed by atoms with Crippen LogP contribution in [0.4, 0.5) is 0 Å². The number of piperidine rings is 1. The van der Waals surface area contributed by atoms with E-state index in [4.69, 9.17) is 4.74 Å². The fraction of sp³-hybridized carbons (Fsp3) is 0.692. The summed E-state index contributed by atoms with van der Waals surface area (Å²) in [5.41, 5.74) is 1.20. The van der Waals surface area contributed by atoms with Gasteiger partial charge in [0.15, 0.2) is 0 Å². The molecule has 0 N–H and O–H groups in total. The van der Waals surface area contributed by atoms with Crippen LogP contribution in [-0.4, -0.2) is 48.4 Å². The molecule has 0 aromatic heterocycles. The minimum Gasteiger partial charge on any atom is -0.497 e. The molecule has 4 rings (SSSR count). The van der Waals surface area contributed by atoms with Crippen molar-refractivity contribution in [3.05, 3.63) is 29.8 Å². The average molecular weight is 427 g/mol. The van der Waals surface area contributed by atoms with Crippen LogP contribution in [-0.2, 0) is 9.59 Å². The number of carbonyl (C=O) groups excluding carboxylic acids is 2. The third-order valence-corrected chi connectivity index (χ3v) is 7.69. The van der Waals surface area contributed by atoms with Gasteiger partial charge in [0.25, 0.3) is 0 Å². The second-order valence-corrected chi connectivity index (χ2v) is 9.75. The van der Waals surface area contributed by atoms with Crippen molar-refractivity contribution in [2.24, 2.45) is 11.8 Å². The lowest BCUT2D eigenvalue weighted by Gasteiger charge is -2.34. The molecule has 5 heteroatoms. The zero-order valence-corrected chi connectivity index (χ0v) is 19.1. The van der Waals surface area contributed by atoms with E-state index in [0.29, 0.717) is 24.2 Å². The summed E-state index contributed by atoms with van der Waals surface area (Å²) in [6.07, 6.45) is 11.7. The van der Waals surface area contributed by atoms with Gasteiger partial charge in [-0.25, -0.2) is 0 Å². The average Bonchev–Trinajstić information content (AvgIpc) is 3.30. The molecule has 1 aromatic carbocycles. The van der Waals surface area contributed by atoms with Gasteiger partial charge in [-0.3, -0.25) is 9.59 Å². The van der Waals surface area contributed by atoms with E-state index in [1.165, 1.54) is 37.7 Å². The van der Waals surface area contributed by atoms with Crippen LogP contribution in [0.1, 0.15) is 82.2 Å². The zero-order chi connectivity index (χ0) is 21.6. The van der Waals surface area contributed by atoms with E-state index < -0.39 is 0 Å². The van der Waals surface area contributed by atoms with Crippen LogP contribution >= 0.6 is 0 Å². The number of amides is 2. The van der Waals surface area contributed by atoms with E-state index in [9.17, 15) is 9.59 Å². The monoisotopic (exact) mass is 426 g/mol. The maximum atomic E-state index is 13.1. The molecule has 2 amide bonds. The molecule has 1 aliphatic carbocycles. The molecule has 0 bridgehead atoms. The molecule has 0 spiro atoms. The van der Waals surface area contributed by atoms with Crippen molar-refractivity contribution in [1.29, 1.82) is 0 Å². The van der Waals surface area contributed by atoms with Gasteiger partial charge in [-0.05, 0) is 68.1 Å². The molecule has 0 radical (unpaired) electrons. The lowest BCUT2D eigenvalue weighted by molar-refractivity contribution is -0.135. The van der Waals surface area contributed by atoms with Gasteiger partial charge in [0.1, 0.15) is 5.75 Å². The highest BCUT2D eigenvalue weighted by molar-refractivity contribution is 5.78. The number of nitrogens with zero attached hydrogens (tertiary/aromatic N) is 2. The molecule has 1 aromatic rings. The van der Waals surface area contributed by atoms with E-state index in [-0.39, 0.29) is 11.9 Å². The highest BCUT2D eigenvalue weighted by atomic mass is 16.5. The topological polar surface area (TPSA) is 49.9 Å². The second-order valence-electron chi connectivity index (χ2n) is 9.75. The van der Waals surface area contributed by atoms with Crippen LogP contribution in [0.15, 0.2) is 24.3 Å². The number of benzene rings is 1. The summed E-state index contributed by atoms with van der Waals surface area (Å²) in [6.45, 7) is 2.51. The smallest absolute Gasteiger partial charge is 0.223 e. The Morgan fingerprint density at radius 1 is 0.806 bits per heavy atom. The maximum absolute atomic E-state index is 13.1. The fourth-order valence-electron chi connectivity index (χ4n) is 5.76. The quantitative estimate of drug-likeness (QED) is 0.646. The van der Waals surface area contributed by atoms with Gasteiger partial charge in [0.05, 0.1) is 13.2 Å². The van der Waals surface area contributed by atoms with Crippen LogP contribution in [0.3, 0.4) is 0 Å². The van der Waals surface area contributed by atoms with Crippen molar-refractivity contribution >= 4 is 11.8 Å². The van der Waals surface area contributed by atoms with Gasteiger partial charge in [-0.1, -0.05) is 31.4 Å². The van der Waals surface area contributed by atoms with Gasteiger partial charge in [-0.15, -0.1) is 0 Å². The summed E-state index contributed by atoms with van der Waals surface area (Å²) in [4.78, 5) is 30.0. The highest BCUT2D eigenvalue weighted by Crippen LogP contribution is 2.35. The Kier molecular flexibility index (Phi) is 7.52. The Labute approximate surface area is 187 Å². The summed E-state index contributed by atoms with van der Waals surface area (Å²) < 4.78 is 5.27. The first-order valence-corrected chi connectivity index (χ1v) is 12.3. The Hall–Kier alpha value is -2.04.